The molecule has 0 aliphatic carbocycles. The van der Waals surface area contributed by atoms with Gasteiger partial charge in [-0.1, -0.05) is 11.6 Å². The van der Waals surface area contributed by atoms with Crippen LogP contribution in [0.2, 0.25) is 5.15 Å². The number of pyridine rings is 1. The number of aromatic nitrogens is 1. The average Bonchev–Trinajstić information content (AvgIpc) is 2.19. The zero-order chi connectivity index (χ0) is 14.0. The van der Waals surface area contributed by atoms with Gasteiger partial charge in [0.05, 0.1) is 22.9 Å². The summed E-state index contributed by atoms with van der Waals surface area (Å²) in [5.41, 5.74) is 0.707. The summed E-state index contributed by atoms with van der Waals surface area (Å²) in [5, 5.41) is 0.256. The lowest BCUT2D eigenvalue weighted by Crippen LogP contribution is -2.22. The molecule has 0 spiro atoms. The summed E-state index contributed by atoms with van der Waals surface area (Å²) in [7, 11) is -7.04. The largest absolute Gasteiger partial charge is 0.282 e. The van der Waals surface area contributed by atoms with Crippen molar-refractivity contribution in [1.82, 2.24) is 4.98 Å². The van der Waals surface area contributed by atoms with Crippen LogP contribution in [0.4, 0.5) is 5.69 Å². The van der Waals surface area contributed by atoms with E-state index in [0.717, 1.165) is 6.26 Å². The molecule has 6 nitrogen and oxygen atoms in total. The van der Waals surface area contributed by atoms with Gasteiger partial charge in [-0.2, -0.15) is 0 Å². The number of hydrogen-bond acceptors (Lipinski definition) is 5. The molecule has 1 aromatic rings. The van der Waals surface area contributed by atoms with Gasteiger partial charge in [-0.3, -0.25) is 4.72 Å². The van der Waals surface area contributed by atoms with E-state index < -0.39 is 31.4 Å². The maximum atomic E-state index is 11.6. The summed E-state index contributed by atoms with van der Waals surface area (Å²) >= 11 is 5.64. The van der Waals surface area contributed by atoms with Gasteiger partial charge in [-0.15, -0.1) is 0 Å². The van der Waals surface area contributed by atoms with Crippen LogP contribution in [0.15, 0.2) is 12.1 Å². The molecule has 9 heteroatoms. The zero-order valence-electron chi connectivity index (χ0n) is 9.84. The Balaban J connectivity index is 2.83. The fourth-order valence-electron chi connectivity index (χ4n) is 1.12. The number of halogens is 1. The Hall–Kier alpha value is -0.860. The number of aryl methyl sites for hydroxylation is 1. The molecule has 0 bridgehead atoms. The first kappa shape index (κ1) is 15.2. The second-order valence-corrected chi connectivity index (χ2v) is 8.31. The molecular weight excluding hydrogens is 300 g/mol. The van der Waals surface area contributed by atoms with Crippen molar-refractivity contribution < 1.29 is 16.8 Å². The number of nitrogens with one attached hydrogen (secondary N) is 1. The number of sulfonamides is 1. The van der Waals surface area contributed by atoms with Gasteiger partial charge in [0.2, 0.25) is 10.0 Å². The molecule has 0 radical (unpaired) electrons. The van der Waals surface area contributed by atoms with Gasteiger partial charge in [0.25, 0.3) is 0 Å². The van der Waals surface area contributed by atoms with Gasteiger partial charge >= 0.3 is 0 Å². The molecule has 102 valence electrons. The molecule has 0 atom stereocenters. The van der Waals surface area contributed by atoms with Gasteiger partial charge in [-0.25, -0.2) is 21.8 Å². The first-order valence-electron chi connectivity index (χ1n) is 4.90. The Morgan fingerprint density at radius 3 is 2.33 bits per heavy atom. The standard InChI is InChI=1S/C9H13ClN2O4S2/c1-7-8(3-4-9(10)11-7)12-18(15,16)6-5-17(2,13)14/h3-4,12H,5-6H2,1-2H3. The second-order valence-electron chi connectivity index (χ2n) is 3.82. The van der Waals surface area contributed by atoms with Crippen LogP contribution in [0.3, 0.4) is 0 Å². The van der Waals surface area contributed by atoms with Crippen LogP contribution < -0.4 is 4.72 Å². The monoisotopic (exact) mass is 312 g/mol. The summed E-state index contributed by atoms with van der Waals surface area (Å²) < 4.78 is 47.4. The molecule has 0 fully saturated rings. The van der Waals surface area contributed by atoms with E-state index in [-0.39, 0.29) is 10.8 Å². The number of hydrogen-bond donors (Lipinski definition) is 1. The Morgan fingerprint density at radius 2 is 1.83 bits per heavy atom. The first-order valence-corrected chi connectivity index (χ1v) is 8.99. The van der Waals surface area contributed by atoms with Crippen LogP contribution in [0, 0.1) is 6.92 Å². The summed E-state index contributed by atoms with van der Waals surface area (Å²) in [6, 6.07) is 2.92. The number of rotatable bonds is 5. The van der Waals surface area contributed by atoms with E-state index >= 15 is 0 Å². The zero-order valence-corrected chi connectivity index (χ0v) is 12.2. The molecule has 18 heavy (non-hydrogen) atoms. The molecular formula is C9H13ClN2O4S2. The van der Waals surface area contributed by atoms with Crippen molar-refractivity contribution in [2.45, 2.75) is 6.92 Å². The molecule has 0 unspecified atom stereocenters. The minimum Gasteiger partial charge on any atom is -0.282 e. The van der Waals surface area contributed by atoms with E-state index in [1.54, 1.807) is 6.92 Å². The molecule has 1 aromatic heterocycles. The highest BCUT2D eigenvalue weighted by molar-refractivity contribution is 7.95. The van der Waals surface area contributed by atoms with Crippen molar-refractivity contribution >= 4 is 37.1 Å². The van der Waals surface area contributed by atoms with Crippen molar-refractivity contribution in [2.24, 2.45) is 0 Å². The molecule has 0 aliphatic rings. The van der Waals surface area contributed by atoms with Gasteiger partial charge in [0.1, 0.15) is 15.0 Å². The molecule has 0 aliphatic heterocycles. The quantitative estimate of drug-likeness (QED) is 0.813. The van der Waals surface area contributed by atoms with Crippen LogP contribution in [-0.4, -0.2) is 39.6 Å². The smallest absolute Gasteiger partial charge is 0.233 e. The average molecular weight is 313 g/mol. The molecule has 1 heterocycles. The lowest BCUT2D eigenvalue weighted by Gasteiger charge is -2.09. The first-order chi connectivity index (χ1) is 8.09. The minimum absolute atomic E-state index is 0.256. The Kier molecular flexibility index (Phi) is 4.57. The topological polar surface area (TPSA) is 93.2 Å². The summed E-state index contributed by atoms with van der Waals surface area (Å²) in [6.45, 7) is 1.60. The molecule has 0 saturated carbocycles. The lowest BCUT2D eigenvalue weighted by atomic mass is 10.3. The highest BCUT2D eigenvalue weighted by Gasteiger charge is 2.15. The predicted molar refractivity (Wildman–Crippen MR) is 71.1 cm³/mol. The van der Waals surface area contributed by atoms with Crippen molar-refractivity contribution in [3.05, 3.63) is 23.0 Å². The van der Waals surface area contributed by atoms with Crippen LogP contribution in [-0.2, 0) is 19.9 Å². The Bertz CT molecular complexity index is 641. The van der Waals surface area contributed by atoms with Gasteiger partial charge in [0.15, 0.2) is 0 Å². The normalized spacial score (nSPS) is 12.4. The fraction of sp³-hybridized carbons (Fsp3) is 0.444. The third-order valence-electron chi connectivity index (χ3n) is 2.04. The number of sulfone groups is 1. The number of anilines is 1. The minimum atomic E-state index is -3.72. The van der Waals surface area contributed by atoms with E-state index in [1.807, 2.05) is 0 Å². The highest BCUT2D eigenvalue weighted by Crippen LogP contribution is 2.17. The molecule has 0 saturated heterocycles. The van der Waals surface area contributed by atoms with E-state index in [4.69, 9.17) is 11.6 Å². The Labute approximate surface area is 111 Å². The number of nitrogens with zero attached hydrogens (tertiary/aromatic N) is 1. The van der Waals surface area contributed by atoms with Crippen molar-refractivity contribution in [3.8, 4) is 0 Å². The van der Waals surface area contributed by atoms with E-state index in [2.05, 4.69) is 9.71 Å². The molecule has 1 rings (SSSR count). The van der Waals surface area contributed by atoms with Crippen LogP contribution in [0.1, 0.15) is 5.69 Å². The maximum absolute atomic E-state index is 11.6. The van der Waals surface area contributed by atoms with Crippen LogP contribution in [0.25, 0.3) is 0 Å². The predicted octanol–water partition coefficient (Wildman–Crippen LogP) is 0.830. The van der Waals surface area contributed by atoms with Gasteiger partial charge in [0, 0.05) is 6.26 Å². The third-order valence-corrected chi connectivity index (χ3v) is 4.73. The molecule has 0 amide bonds. The Morgan fingerprint density at radius 1 is 1.22 bits per heavy atom. The summed E-state index contributed by atoms with van der Waals surface area (Å²) in [4.78, 5) is 3.89. The maximum Gasteiger partial charge on any atom is 0.233 e. The molecule has 0 aromatic carbocycles. The highest BCUT2D eigenvalue weighted by atomic mass is 35.5. The van der Waals surface area contributed by atoms with E-state index in [1.165, 1.54) is 12.1 Å². The lowest BCUT2D eigenvalue weighted by molar-refractivity contribution is 0.593. The summed E-state index contributed by atoms with van der Waals surface area (Å²) in [5.74, 6) is -0.920. The van der Waals surface area contributed by atoms with Crippen molar-refractivity contribution in [3.63, 3.8) is 0 Å². The van der Waals surface area contributed by atoms with E-state index in [0.29, 0.717) is 5.69 Å². The van der Waals surface area contributed by atoms with Crippen LogP contribution >= 0.6 is 11.6 Å². The summed E-state index contributed by atoms with van der Waals surface area (Å²) in [6.07, 6.45) is 0.984. The fourth-order valence-corrected chi connectivity index (χ4v) is 4.05. The van der Waals surface area contributed by atoms with Crippen molar-refractivity contribution in [2.75, 3.05) is 22.5 Å². The second kappa shape index (κ2) is 5.41. The van der Waals surface area contributed by atoms with E-state index in [9.17, 15) is 16.8 Å². The molecule has 1 N–H and O–H groups in total. The van der Waals surface area contributed by atoms with Crippen molar-refractivity contribution in [1.29, 1.82) is 0 Å². The SMILES string of the molecule is Cc1nc(Cl)ccc1NS(=O)(=O)CCS(C)(=O)=O. The van der Waals surface area contributed by atoms with Gasteiger partial charge in [-0.05, 0) is 19.1 Å². The van der Waals surface area contributed by atoms with Gasteiger partial charge < -0.3 is 0 Å². The van der Waals surface area contributed by atoms with Crippen LogP contribution in [0.5, 0.6) is 0 Å². The third kappa shape index (κ3) is 5.19.